The topological polar surface area (TPSA) is 87.4 Å². The largest absolute Gasteiger partial charge is 0.481 e. The van der Waals surface area contributed by atoms with Crippen LogP contribution in [0.4, 0.5) is 0 Å². The number of aliphatic carboxylic acids is 1. The van der Waals surface area contributed by atoms with Gasteiger partial charge < -0.3 is 9.84 Å². The van der Waals surface area contributed by atoms with Crippen molar-refractivity contribution in [2.45, 2.75) is 71.8 Å². The first-order valence-electron chi connectivity index (χ1n) is 9.58. The van der Waals surface area contributed by atoms with Gasteiger partial charge in [0.1, 0.15) is 0 Å². The number of ether oxygens (including phenoxy) is 1. The molecular weight excluding hydrogens is 342 g/mol. The van der Waals surface area contributed by atoms with Crippen molar-refractivity contribution in [3.63, 3.8) is 0 Å². The van der Waals surface area contributed by atoms with E-state index in [9.17, 15) is 20.0 Å². The highest BCUT2D eigenvalue weighted by Crippen LogP contribution is 2.40. The predicted octanol–water partition coefficient (Wildman–Crippen LogP) is 4.49. The van der Waals surface area contributed by atoms with E-state index in [0.717, 1.165) is 17.5 Å². The molecule has 0 fully saturated rings. The Hall–Kier alpha value is -2.35. The Morgan fingerprint density at radius 1 is 1.22 bits per heavy atom. The second-order valence-electron chi connectivity index (χ2n) is 7.64. The molecule has 1 aromatic rings. The van der Waals surface area contributed by atoms with Crippen LogP contribution in [0.1, 0.15) is 65.0 Å². The van der Waals surface area contributed by atoms with E-state index in [1.165, 1.54) is 0 Å². The van der Waals surface area contributed by atoms with Crippen molar-refractivity contribution < 1.29 is 19.4 Å². The molecule has 148 valence electrons. The van der Waals surface area contributed by atoms with Gasteiger partial charge in [0.15, 0.2) is 0 Å². The number of hydrogen-bond acceptors (Lipinski definition) is 4. The zero-order valence-corrected chi connectivity index (χ0v) is 17.0. The summed E-state index contributed by atoms with van der Waals surface area (Å²) in [6.07, 6.45) is 0.771. The standard InChI is InChI=1S/C22H31NO4/c1-6-17-9-7-8-10-19(17)22(14-23,12-11-20(24)25)13-18(15(2)3)21(26)27-16(4)5/h7-10,15-16,18H,6,11-13H2,1-5H3,(H,24,25). The van der Waals surface area contributed by atoms with Gasteiger partial charge in [-0.3, -0.25) is 9.59 Å². The molecule has 0 aromatic heterocycles. The number of carboxylic acids is 1. The first kappa shape index (κ1) is 22.7. The summed E-state index contributed by atoms with van der Waals surface area (Å²) in [7, 11) is 0. The highest BCUT2D eigenvalue weighted by atomic mass is 16.5. The van der Waals surface area contributed by atoms with Gasteiger partial charge in [-0.2, -0.15) is 5.26 Å². The number of esters is 1. The second-order valence-corrected chi connectivity index (χ2v) is 7.64. The molecule has 0 amide bonds. The fourth-order valence-electron chi connectivity index (χ4n) is 3.41. The van der Waals surface area contributed by atoms with Crippen LogP contribution < -0.4 is 0 Å². The Bertz CT molecular complexity index is 690. The van der Waals surface area contributed by atoms with Crippen LogP contribution in [0.3, 0.4) is 0 Å². The van der Waals surface area contributed by atoms with Gasteiger partial charge in [0.2, 0.25) is 0 Å². The van der Waals surface area contributed by atoms with Crippen LogP contribution in [0.25, 0.3) is 0 Å². The van der Waals surface area contributed by atoms with Gasteiger partial charge in [-0.15, -0.1) is 0 Å². The number of nitrogens with zero attached hydrogens (tertiary/aromatic N) is 1. The summed E-state index contributed by atoms with van der Waals surface area (Å²) in [6, 6.07) is 10.00. The summed E-state index contributed by atoms with van der Waals surface area (Å²) < 4.78 is 5.42. The molecule has 1 N–H and O–H groups in total. The number of aryl methyl sites for hydroxylation is 1. The lowest BCUT2D eigenvalue weighted by Crippen LogP contribution is -2.36. The summed E-state index contributed by atoms with van der Waals surface area (Å²) in [5.41, 5.74) is 0.777. The molecule has 27 heavy (non-hydrogen) atoms. The molecular formula is C22H31NO4. The summed E-state index contributed by atoms with van der Waals surface area (Å²) in [5.74, 6) is -1.79. The molecule has 0 spiro atoms. The van der Waals surface area contributed by atoms with Crippen molar-refractivity contribution in [1.82, 2.24) is 0 Å². The summed E-state index contributed by atoms with van der Waals surface area (Å²) >= 11 is 0. The average Bonchev–Trinajstić information content (AvgIpc) is 2.61. The first-order chi connectivity index (χ1) is 12.7. The van der Waals surface area contributed by atoms with E-state index in [-0.39, 0.29) is 37.3 Å². The molecule has 2 unspecified atom stereocenters. The van der Waals surface area contributed by atoms with Crippen molar-refractivity contribution in [1.29, 1.82) is 5.26 Å². The molecule has 0 aliphatic heterocycles. The van der Waals surface area contributed by atoms with Crippen molar-refractivity contribution in [2.24, 2.45) is 11.8 Å². The van der Waals surface area contributed by atoms with E-state index in [2.05, 4.69) is 6.07 Å². The highest BCUT2D eigenvalue weighted by Gasteiger charge is 2.40. The summed E-state index contributed by atoms with van der Waals surface area (Å²) in [5, 5.41) is 19.4. The third kappa shape index (κ3) is 6.09. The normalized spacial score (nSPS) is 14.4. The van der Waals surface area contributed by atoms with Gasteiger partial charge >= 0.3 is 11.9 Å². The maximum absolute atomic E-state index is 12.7. The molecule has 2 atom stereocenters. The van der Waals surface area contributed by atoms with Crippen LogP contribution >= 0.6 is 0 Å². The number of rotatable bonds is 10. The van der Waals surface area contributed by atoms with Crippen molar-refractivity contribution in [3.8, 4) is 6.07 Å². The molecule has 5 nitrogen and oxygen atoms in total. The third-order valence-electron chi connectivity index (χ3n) is 4.92. The van der Waals surface area contributed by atoms with E-state index in [0.29, 0.717) is 0 Å². The average molecular weight is 373 g/mol. The minimum absolute atomic E-state index is 0.0254. The minimum Gasteiger partial charge on any atom is -0.481 e. The maximum atomic E-state index is 12.7. The van der Waals surface area contributed by atoms with Gasteiger partial charge in [-0.05, 0) is 50.2 Å². The van der Waals surface area contributed by atoms with Crippen molar-refractivity contribution >= 4 is 11.9 Å². The Morgan fingerprint density at radius 2 is 1.85 bits per heavy atom. The fraction of sp³-hybridized carbons (Fsp3) is 0.591. The van der Waals surface area contributed by atoms with Crippen LogP contribution in [0, 0.1) is 23.2 Å². The zero-order valence-electron chi connectivity index (χ0n) is 17.0. The van der Waals surface area contributed by atoms with E-state index in [1.54, 1.807) is 13.8 Å². The van der Waals surface area contributed by atoms with Gasteiger partial charge in [0.05, 0.1) is 23.5 Å². The van der Waals surface area contributed by atoms with Crippen LogP contribution in [0.2, 0.25) is 0 Å². The summed E-state index contributed by atoms with van der Waals surface area (Å²) in [4.78, 5) is 23.9. The molecule has 1 rings (SSSR count). The lowest BCUT2D eigenvalue weighted by Gasteiger charge is -2.33. The minimum atomic E-state index is -1.05. The Kier molecular flexibility index (Phi) is 8.49. The van der Waals surface area contributed by atoms with Crippen LogP contribution in [-0.4, -0.2) is 23.1 Å². The molecule has 0 aliphatic carbocycles. The van der Waals surface area contributed by atoms with Gasteiger partial charge in [-0.1, -0.05) is 45.0 Å². The maximum Gasteiger partial charge on any atom is 0.309 e. The van der Waals surface area contributed by atoms with Gasteiger partial charge in [0.25, 0.3) is 0 Å². The van der Waals surface area contributed by atoms with E-state index in [4.69, 9.17) is 4.74 Å². The number of carbonyl (C=O) groups excluding carboxylic acids is 1. The molecule has 0 saturated heterocycles. The zero-order chi connectivity index (χ0) is 20.6. The van der Waals surface area contributed by atoms with Crippen LogP contribution in [0.5, 0.6) is 0 Å². The SMILES string of the molecule is CCc1ccccc1C(C#N)(CCC(=O)O)CC(C(=O)OC(C)C)C(C)C. The monoisotopic (exact) mass is 373 g/mol. The lowest BCUT2D eigenvalue weighted by molar-refractivity contribution is -0.154. The molecule has 0 aliphatic rings. The smallest absolute Gasteiger partial charge is 0.309 e. The van der Waals surface area contributed by atoms with Gasteiger partial charge in [-0.25, -0.2) is 0 Å². The first-order valence-corrected chi connectivity index (χ1v) is 9.58. The fourth-order valence-corrected chi connectivity index (χ4v) is 3.41. The Morgan fingerprint density at radius 3 is 2.33 bits per heavy atom. The number of carbonyl (C=O) groups is 2. The highest BCUT2D eigenvalue weighted by molar-refractivity contribution is 5.73. The van der Waals surface area contributed by atoms with E-state index in [1.807, 2.05) is 45.0 Å². The van der Waals surface area contributed by atoms with Gasteiger partial charge in [0, 0.05) is 6.42 Å². The van der Waals surface area contributed by atoms with Crippen molar-refractivity contribution in [3.05, 3.63) is 35.4 Å². The van der Waals surface area contributed by atoms with E-state index >= 15 is 0 Å². The molecule has 0 bridgehead atoms. The quantitative estimate of drug-likeness (QED) is 0.611. The number of hydrogen-bond donors (Lipinski definition) is 1. The van der Waals surface area contributed by atoms with Crippen molar-refractivity contribution in [2.75, 3.05) is 0 Å². The third-order valence-corrected chi connectivity index (χ3v) is 4.92. The molecule has 5 heteroatoms. The predicted molar refractivity (Wildman–Crippen MR) is 104 cm³/mol. The van der Waals surface area contributed by atoms with Crippen LogP contribution in [-0.2, 0) is 26.2 Å². The number of benzene rings is 1. The number of carboxylic acid groups (broad SMARTS) is 1. The molecule has 1 aromatic carbocycles. The molecule has 0 saturated carbocycles. The Balaban J connectivity index is 3.41. The lowest BCUT2D eigenvalue weighted by atomic mass is 9.68. The number of nitriles is 1. The molecule has 0 radical (unpaired) electrons. The van der Waals surface area contributed by atoms with Crippen LogP contribution in [0.15, 0.2) is 24.3 Å². The molecule has 0 heterocycles. The van der Waals surface area contributed by atoms with E-state index < -0.39 is 17.3 Å². The Labute approximate surface area is 162 Å². The summed E-state index contributed by atoms with van der Waals surface area (Å²) in [6.45, 7) is 9.45. The second kappa shape index (κ2) is 10.1.